The number of alkyl halides is 12. The molecule has 0 aliphatic heterocycles. The largest absolute Gasteiger partial charge is 0.477 e. The van der Waals surface area contributed by atoms with Crippen LogP contribution in [0.15, 0.2) is 0 Å². The van der Waals surface area contributed by atoms with Crippen LogP contribution in [-0.4, -0.2) is 58.4 Å². The summed E-state index contributed by atoms with van der Waals surface area (Å²) in [6.07, 6.45) is -28.5. The molecule has 0 rings (SSSR count). The lowest BCUT2D eigenvalue weighted by molar-refractivity contribution is -0.512. The number of ether oxygens (including phenoxy) is 2. The van der Waals surface area contributed by atoms with Crippen molar-refractivity contribution in [2.75, 3.05) is 0 Å². The van der Waals surface area contributed by atoms with E-state index in [0.717, 1.165) is 0 Å². The number of halogens is 12. The first kappa shape index (κ1) is 24.0. The molecule has 0 aromatic heterocycles. The molecule has 2 unspecified atom stereocenters. The van der Waals surface area contributed by atoms with Gasteiger partial charge in [0.1, 0.15) is 0 Å². The van der Waals surface area contributed by atoms with Gasteiger partial charge in [-0.3, -0.25) is 9.47 Å². The standard InChI is InChI=1S/C8H2F12O6/c9-3(1(21)22,5(11,12)13)25-7(17,18)8(19,20)26-4(10,2(23)24)6(14,15)16/h(H,21,22)(H,23,24). The Kier molecular flexibility index (Phi) is 5.84. The van der Waals surface area contributed by atoms with E-state index in [2.05, 4.69) is 0 Å². The van der Waals surface area contributed by atoms with Crippen LogP contribution >= 0.6 is 0 Å². The second-order valence-electron chi connectivity index (χ2n) is 4.03. The van der Waals surface area contributed by atoms with Crippen LogP contribution < -0.4 is 0 Å². The maximum Gasteiger partial charge on any atom is 0.460 e. The first-order chi connectivity index (χ1) is 11.1. The van der Waals surface area contributed by atoms with Crippen LogP contribution in [0.3, 0.4) is 0 Å². The van der Waals surface area contributed by atoms with Gasteiger partial charge >= 0.3 is 48.2 Å². The van der Waals surface area contributed by atoms with E-state index < -0.39 is 48.2 Å². The quantitative estimate of drug-likeness (QED) is 0.614. The molecule has 0 heterocycles. The van der Waals surface area contributed by atoms with Crippen LogP contribution in [0, 0.1) is 0 Å². The Morgan fingerprint density at radius 3 is 0.846 bits per heavy atom. The van der Waals surface area contributed by atoms with Gasteiger partial charge < -0.3 is 10.2 Å². The molecule has 0 aliphatic rings. The molecular formula is C8H2F12O6. The van der Waals surface area contributed by atoms with Crippen molar-refractivity contribution in [3.63, 3.8) is 0 Å². The minimum atomic E-state index is -7.26. The van der Waals surface area contributed by atoms with E-state index in [9.17, 15) is 62.3 Å². The van der Waals surface area contributed by atoms with E-state index in [4.69, 9.17) is 10.2 Å². The monoisotopic (exact) mass is 422 g/mol. The predicted octanol–water partition coefficient (Wildman–Crippen LogP) is 2.83. The van der Waals surface area contributed by atoms with Gasteiger partial charge in [0, 0.05) is 0 Å². The van der Waals surface area contributed by atoms with Crippen LogP contribution in [0.4, 0.5) is 52.7 Å². The summed E-state index contributed by atoms with van der Waals surface area (Å²) in [5.74, 6) is -21.2. The second kappa shape index (κ2) is 6.32. The molecule has 0 amide bonds. The van der Waals surface area contributed by atoms with E-state index in [1.807, 2.05) is 0 Å². The fourth-order valence-corrected chi connectivity index (χ4v) is 0.918. The van der Waals surface area contributed by atoms with Crippen LogP contribution in [0.2, 0.25) is 0 Å². The minimum Gasteiger partial charge on any atom is -0.477 e. The average molecular weight is 422 g/mol. The van der Waals surface area contributed by atoms with Crippen LogP contribution in [0.25, 0.3) is 0 Å². The number of hydrogen-bond donors (Lipinski definition) is 2. The van der Waals surface area contributed by atoms with E-state index >= 15 is 0 Å². The van der Waals surface area contributed by atoms with Gasteiger partial charge in [0.2, 0.25) is 0 Å². The maximum absolute atomic E-state index is 13.0. The molecule has 0 saturated heterocycles. The first-order valence-corrected chi connectivity index (χ1v) is 5.19. The SMILES string of the molecule is O=C(O)C(F)(OC(F)(F)C(F)(F)OC(F)(C(=O)O)C(F)(F)F)C(F)(F)F. The van der Waals surface area contributed by atoms with Gasteiger partial charge in [0.05, 0.1) is 0 Å². The van der Waals surface area contributed by atoms with Gasteiger partial charge in [-0.15, -0.1) is 0 Å². The molecule has 2 atom stereocenters. The topological polar surface area (TPSA) is 93.1 Å². The van der Waals surface area contributed by atoms with E-state index in [0.29, 0.717) is 0 Å². The zero-order valence-corrected chi connectivity index (χ0v) is 11.1. The Bertz CT molecular complexity index is 519. The number of carbonyl (C=O) groups is 2. The lowest BCUT2D eigenvalue weighted by atomic mass is 10.3. The summed E-state index contributed by atoms with van der Waals surface area (Å²) in [6.45, 7) is 0. The van der Waals surface area contributed by atoms with Crippen LogP contribution in [0.5, 0.6) is 0 Å². The lowest BCUT2D eigenvalue weighted by Crippen LogP contribution is -2.62. The van der Waals surface area contributed by atoms with E-state index in [-0.39, 0.29) is 0 Å². The molecule has 6 nitrogen and oxygen atoms in total. The highest BCUT2D eigenvalue weighted by Gasteiger charge is 2.78. The third-order valence-corrected chi connectivity index (χ3v) is 2.16. The average Bonchev–Trinajstić information content (AvgIpc) is 2.33. The molecule has 26 heavy (non-hydrogen) atoms. The van der Waals surface area contributed by atoms with Crippen molar-refractivity contribution >= 4 is 11.9 Å². The molecule has 2 N–H and O–H groups in total. The minimum absolute atomic E-state index is 1.73. The number of aliphatic carboxylic acids is 2. The van der Waals surface area contributed by atoms with Crippen molar-refractivity contribution < 1.29 is 82.0 Å². The highest BCUT2D eigenvalue weighted by Crippen LogP contribution is 2.49. The fourth-order valence-electron chi connectivity index (χ4n) is 0.918. The van der Waals surface area contributed by atoms with Crippen molar-refractivity contribution in [3.05, 3.63) is 0 Å². The summed E-state index contributed by atoms with van der Waals surface area (Å²) in [5, 5.41) is 15.7. The Balaban J connectivity index is 6.04. The predicted molar refractivity (Wildman–Crippen MR) is 47.1 cm³/mol. The molecule has 0 aromatic rings. The summed E-state index contributed by atoms with van der Waals surface area (Å²) in [6, 6.07) is 0. The summed E-state index contributed by atoms with van der Waals surface area (Å²) >= 11 is 0. The number of carboxylic acids is 2. The van der Waals surface area contributed by atoms with Gasteiger partial charge in [-0.2, -0.15) is 52.7 Å². The molecule has 0 aliphatic carbocycles. The van der Waals surface area contributed by atoms with E-state index in [1.54, 1.807) is 9.47 Å². The van der Waals surface area contributed by atoms with Crippen LogP contribution in [0.1, 0.15) is 0 Å². The third kappa shape index (κ3) is 4.05. The van der Waals surface area contributed by atoms with Crippen molar-refractivity contribution in [2.45, 2.75) is 36.3 Å². The second-order valence-corrected chi connectivity index (χ2v) is 4.03. The maximum atomic E-state index is 13.0. The number of carboxylic acid groups (broad SMARTS) is 2. The molecule has 154 valence electrons. The van der Waals surface area contributed by atoms with Crippen molar-refractivity contribution in [1.82, 2.24) is 0 Å². The first-order valence-electron chi connectivity index (χ1n) is 5.19. The number of hydrogen-bond acceptors (Lipinski definition) is 4. The van der Waals surface area contributed by atoms with Crippen molar-refractivity contribution in [2.24, 2.45) is 0 Å². The number of rotatable bonds is 7. The molecule has 0 saturated carbocycles. The smallest absolute Gasteiger partial charge is 0.460 e. The van der Waals surface area contributed by atoms with Gasteiger partial charge in [0.25, 0.3) is 0 Å². The van der Waals surface area contributed by atoms with Gasteiger partial charge in [-0.25, -0.2) is 9.59 Å². The van der Waals surface area contributed by atoms with Gasteiger partial charge in [-0.1, -0.05) is 0 Å². The zero-order valence-electron chi connectivity index (χ0n) is 11.1. The summed E-state index contributed by atoms with van der Waals surface area (Å²) in [7, 11) is 0. The summed E-state index contributed by atoms with van der Waals surface area (Å²) in [4.78, 5) is 20.1. The molecule has 0 bridgehead atoms. The highest BCUT2D eigenvalue weighted by molar-refractivity contribution is 5.77. The van der Waals surface area contributed by atoms with Crippen molar-refractivity contribution in [3.8, 4) is 0 Å². The van der Waals surface area contributed by atoms with Crippen molar-refractivity contribution in [1.29, 1.82) is 0 Å². The molecule has 0 aromatic carbocycles. The third-order valence-electron chi connectivity index (χ3n) is 2.16. The van der Waals surface area contributed by atoms with Gasteiger partial charge in [-0.05, 0) is 0 Å². The molecule has 0 fully saturated rings. The normalized spacial score (nSPS) is 18.8. The lowest BCUT2D eigenvalue weighted by Gasteiger charge is -2.34. The molecule has 0 radical (unpaired) electrons. The van der Waals surface area contributed by atoms with E-state index in [1.165, 1.54) is 0 Å². The summed E-state index contributed by atoms with van der Waals surface area (Å²) < 4.78 is 154. The molecule has 0 spiro atoms. The van der Waals surface area contributed by atoms with Crippen LogP contribution in [-0.2, 0) is 19.1 Å². The Morgan fingerprint density at radius 2 is 0.731 bits per heavy atom. The Hall–Kier alpha value is -1.98. The zero-order chi connectivity index (χ0) is 21.6. The highest BCUT2D eigenvalue weighted by atomic mass is 19.4. The molecular weight excluding hydrogens is 420 g/mol. The summed E-state index contributed by atoms with van der Waals surface area (Å²) in [5.41, 5.74) is 0. The Morgan fingerprint density at radius 1 is 0.538 bits per heavy atom. The van der Waals surface area contributed by atoms with Gasteiger partial charge in [0.15, 0.2) is 0 Å². The fraction of sp³-hybridized carbons (Fsp3) is 0.750. The Labute approximate surface area is 131 Å². The molecule has 18 heteroatoms.